The Hall–Kier alpha value is 0. The van der Waals surface area contributed by atoms with Crippen molar-refractivity contribution in [3.05, 3.63) is 0 Å². The summed E-state index contributed by atoms with van der Waals surface area (Å²) >= 11 is 0. The van der Waals surface area contributed by atoms with E-state index in [0.717, 1.165) is 5.92 Å². The first-order valence-corrected chi connectivity index (χ1v) is 14.8. The van der Waals surface area contributed by atoms with Crippen molar-refractivity contribution >= 4 is 0 Å². The summed E-state index contributed by atoms with van der Waals surface area (Å²) in [5.41, 5.74) is 0. The summed E-state index contributed by atoms with van der Waals surface area (Å²) in [5.74, 6) is 0.970. The van der Waals surface area contributed by atoms with Crippen molar-refractivity contribution in [2.75, 3.05) is 0 Å². The van der Waals surface area contributed by atoms with Crippen LogP contribution in [0.2, 0.25) is 0 Å². The Morgan fingerprint density at radius 3 is 0.733 bits per heavy atom. The molecule has 0 heteroatoms. The van der Waals surface area contributed by atoms with Crippen molar-refractivity contribution in [2.45, 2.75) is 188 Å². The van der Waals surface area contributed by atoms with E-state index in [1.165, 1.54) is 167 Å². The van der Waals surface area contributed by atoms with Gasteiger partial charge in [-0.1, -0.05) is 188 Å². The molecule has 0 aromatic carbocycles. The molecule has 0 nitrogen and oxygen atoms in total. The first-order chi connectivity index (χ1) is 14.8. The van der Waals surface area contributed by atoms with Gasteiger partial charge in [-0.3, -0.25) is 0 Å². The van der Waals surface area contributed by atoms with Crippen LogP contribution in [0.1, 0.15) is 188 Å². The summed E-state index contributed by atoms with van der Waals surface area (Å²) in [6, 6.07) is 0. The molecule has 0 rings (SSSR count). The summed E-state index contributed by atoms with van der Waals surface area (Å²) < 4.78 is 0. The minimum absolute atomic E-state index is 0.970. The number of hydrogen-bond acceptors (Lipinski definition) is 0. The monoisotopic (exact) mass is 422 g/mol. The van der Waals surface area contributed by atoms with Crippen LogP contribution in [0.25, 0.3) is 0 Å². The standard InChI is InChI=1S/C30H62/c1-4-6-8-10-12-13-14-15-16-17-18-19-20-21-22-23-25-27-29-30(3)28-26-24-11-9-7-5-2/h30H,4-29H2,1-3H3/t30-/m1/s1. The third-order valence-corrected chi connectivity index (χ3v) is 7.10. The van der Waals surface area contributed by atoms with Gasteiger partial charge in [0.05, 0.1) is 0 Å². The topological polar surface area (TPSA) is 0 Å². The molecule has 0 saturated carbocycles. The Labute approximate surface area is 193 Å². The van der Waals surface area contributed by atoms with Gasteiger partial charge in [-0.15, -0.1) is 0 Å². The molecule has 0 spiro atoms. The summed E-state index contributed by atoms with van der Waals surface area (Å²) in [6.07, 6.45) is 38.3. The van der Waals surface area contributed by atoms with E-state index in [4.69, 9.17) is 0 Å². The average Bonchev–Trinajstić information content (AvgIpc) is 2.75. The molecule has 0 unspecified atom stereocenters. The third-order valence-electron chi connectivity index (χ3n) is 7.10. The molecule has 182 valence electrons. The van der Waals surface area contributed by atoms with E-state index in [1.54, 1.807) is 0 Å². The molecule has 0 fully saturated rings. The summed E-state index contributed by atoms with van der Waals surface area (Å²) in [4.78, 5) is 0. The molecule has 0 heterocycles. The second kappa shape index (κ2) is 27.0. The predicted molar refractivity (Wildman–Crippen MR) is 141 cm³/mol. The quantitative estimate of drug-likeness (QED) is 0.122. The molecular weight excluding hydrogens is 360 g/mol. The maximum atomic E-state index is 2.49. The molecule has 1 atom stereocenters. The van der Waals surface area contributed by atoms with E-state index in [9.17, 15) is 0 Å². The van der Waals surface area contributed by atoms with Gasteiger partial charge in [0.15, 0.2) is 0 Å². The number of unbranched alkanes of at least 4 members (excludes halogenated alkanes) is 22. The van der Waals surface area contributed by atoms with E-state index in [1.807, 2.05) is 0 Å². The highest BCUT2D eigenvalue weighted by atomic mass is 14.1. The van der Waals surface area contributed by atoms with Crippen LogP contribution < -0.4 is 0 Å². The molecule has 0 aromatic heterocycles. The van der Waals surface area contributed by atoms with Crippen LogP contribution in [0.3, 0.4) is 0 Å². The third kappa shape index (κ3) is 26.0. The number of hydrogen-bond donors (Lipinski definition) is 0. The van der Waals surface area contributed by atoms with E-state index >= 15 is 0 Å². The Morgan fingerprint density at radius 2 is 0.500 bits per heavy atom. The van der Waals surface area contributed by atoms with E-state index < -0.39 is 0 Å². The van der Waals surface area contributed by atoms with Gasteiger partial charge in [-0.05, 0) is 5.92 Å². The lowest BCUT2D eigenvalue weighted by Gasteiger charge is -2.11. The Bertz CT molecular complexity index is 282. The van der Waals surface area contributed by atoms with Crippen LogP contribution in [-0.4, -0.2) is 0 Å². The molecule has 0 saturated heterocycles. The zero-order chi connectivity index (χ0) is 22.0. The Balaban J connectivity index is 3.09. The lowest BCUT2D eigenvalue weighted by Crippen LogP contribution is -1.95. The molecule has 0 N–H and O–H groups in total. The second-order valence-electron chi connectivity index (χ2n) is 10.5. The second-order valence-corrected chi connectivity index (χ2v) is 10.5. The van der Waals surface area contributed by atoms with Gasteiger partial charge in [-0.2, -0.15) is 0 Å². The van der Waals surface area contributed by atoms with Gasteiger partial charge in [0.1, 0.15) is 0 Å². The molecule has 0 aliphatic heterocycles. The SMILES string of the molecule is CCCCCCCCCCCCCCCCCCCC[C@H](C)CCCCCCCC. The molecule has 0 radical (unpaired) electrons. The summed E-state index contributed by atoms with van der Waals surface area (Å²) in [7, 11) is 0. The fourth-order valence-electron chi connectivity index (χ4n) is 4.81. The fraction of sp³-hybridized carbons (Fsp3) is 1.00. The van der Waals surface area contributed by atoms with Crippen molar-refractivity contribution < 1.29 is 0 Å². The van der Waals surface area contributed by atoms with Gasteiger partial charge in [-0.25, -0.2) is 0 Å². The summed E-state index contributed by atoms with van der Waals surface area (Å²) in [5, 5.41) is 0. The van der Waals surface area contributed by atoms with Crippen LogP contribution in [0.15, 0.2) is 0 Å². The number of rotatable bonds is 26. The normalized spacial score (nSPS) is 12.5. The molecule has 0 aliphatic carbocycles. The highest BCUT2D eigenvalue weighted by Gasteiger charge is 2.02. The molecule has 0 amide bonds. The molecular formula is C30H62. The van der Waals surface area contributed by atoms with E-state index in [0.29, 0.717) is 0 Å². The van der Waals surface area contributed by atoms with Crippen molar-refractivity contribution in [3.8, 4) is 0 Å². The fourth-order valence-corrected chi connectivity index (χ4v) is 4.81. The first-order valence-electron chi connectivity index (χ1n) is 14.8. The van der Waals surface area contributed by atoms with E-state index in [2.05, 4.69) is 20.8 Å². The Morgan fingerprint density at radius 1 is 0.300 bits per heavy atom. The van der Waals surface area contributed by atoms with Crippen molar-refractivity contribution in [3.63, 3.8) is 0 Å². The molecule has 0 aliphatic rings. The van der Waals surface area contributed by atoms with Crippen LogP contribution in [0.5, 0.6) is 0 Å². The lowest BCUT2D eigenvalue weighted by atomic mass is 9.96. The van der Waals surface area contributed by atoms with Crippen LogP contribution in [0.4, 0.5) is 0 Å². The van der Waals surface area contributed by atoms with Crippen LogP contribution >= 0.6 is 0 Å². The molecule has 0 bridgehead atoms. The van der Waals surface area contributed by atoms with Crippen molar-refractivity contribution in [1.29, 1.82) is 0 Å². The van der Waals surface area contributed by atoms with Gasteiger partial charge in [0.2, 0.25) is 0 Å². The van der Waals surface area contributed by atoms with Gasteiger partial charge < -0.3 is 0 Å². The van der Waals surface area contributed by atoms with Gasteiger partial charge >= 0.3 is 0 Å². The van der Waals surface area contributed by atoms with Crippen LogP contribution in [-0.2, 0) is 0 Å². The van der Waals surface area contributed by atoms with Gasteiger partial charge in [0, 0.05) is 0 Å². The first kappa shape index (κ1) is 30.0. The largest absolute Gasteiger partial charge is 0.0654 e. The molecule has 0 aromatic rings. The van der Waals surface area contributed by atoms with Crippen LogP contribution in [0, 0.1) is 5.92 Å². The van der Waals surface area contributed by atoms with Crippen molar-refractivity contribution in [1.82, 2.24) is 0 Å². The maximum Gasteiger partial charge on any atom is -0.0443 e. The highest BCUT2D eigenvalue weighted by molar-refractivity contribution is 4.56. The maximum absolute atomic E-state index is 2.49. The highest BCUT2D eigenvalue weighted by Crippen LogP contribution is 2.19. The lowest BCUT2D eigenvalue weighted by molar-refractivity contribution is 0.430. The zero-order valence-electron chi connectivity index (χ0n) is 22.0. The minimum atomic E-state index is 0.970. The Kier molecular flexibility index (Phi) is 27.0. The zero-order valence-corrected chi connectivity index (χ0v) is 22.0. The minimum Gasteiger partial charge on any atom is -0.0654 e. The van der Waals surface area contributed by atoms with Gasteiger partial charge in [0.25, 0.3) is 0 Å². The van der Waals surface area contributed by atoms with Crippen molar-refractivity contribution in [2.24, 2.45) is 5.92 Å². The summed E-state index contributed by atoms with van der Waals surface area (Å²) in [6.45, 7) is 7.10. The van der Waals surface area contributed by atoms with E-state index in [-0.39, 0.29) is 0 Å². The molecule has 30 heavy (non-hydrogen) atoms. The predicted octanol–water partition coefficient (Wildman–Crippen LogP) is 11.8. The smallest absolute Gasteiger partial charge is 0.0443 e. The average molecular weight is 423 g/mol.